The van der Waals surface area contributed by atoms with Crippen LogP contribution in [0.15, 0.2) is 84.2 Å². The van der Waals surface area contributed by atoms with Crippen molar-refractivity contribution in [2.45, 2.75) is 20.8 Å². The van der Waals surface area contributed by atoms with Gasteiger partial charge in [0.1, 0.15) is 5.75 Å². The van der Waals surface area contributed by atoms with Gasteiger partial charge in [0.15, 0.2) is 6.29 Å². The molecule has 0 saturated heterocycles. The first kappa shape index (κ1) is 29.0. The smallest absolute Gasteiger partial charge is 0.151 e. The Kier molecular flexibility index (Phi) is 10.7. The van der Waals surface area contributed by atoms with Gasteiger partial charge in [0.25, 0.3) is 0 Å². The third-order valence-corrected chi connectivity index (χ3v) is 6.69. The van der Waals surface area contributed by atoms with Crippen molar-refractivity contribution in [1.82, 2.24) is 19.9 Å². The molecular formula is C31H28BrN5O2. The molecule has 0 saturated carbocycles. The largest absolute Gasteiger partial charge is 0.497 e. The lowest BCUT2D eigenvalue weighted by molar-refractivity contribution is 0.112. The molecule has 39 heavy (non-hydrogen) atoms. The number of pyridine rings is 3. The molecule has 7 nitrogen and oxygen atoms in total. The van der Waals surface area contributed by atoms with Crippen LogP contribution >= 0.6 is 15.9 Å². The van der Waals surface area contributed by atoms with Crippen molar-refractivity contribution >= 4 is 44.8 Å². The lowest BCUT2D eigenvalue weighted by Gasteiger charge is -2.03. The molecule has 0 spiro atoms. The number of methoxy groups -OCH3 is 1. The lowest BCUT2D eigenvalue weighted by Crippen LogP contribution is -1.86. The molecule has 4 aromatic heterocycles. The summed E-state index contributed by atoms with van der Waals surface area (Å²) in [5, 5.41) is 10.5. The van der Waals surface area contributed by atoms with Gasteiger partial charge in [-0.1, -0.05) is 0 Å². The third kappa shape index (κ3) is 7.94. The van der Waals surface area contributed by atoms with E-state index in [0.717, 1.165) is 49.7 Å². The number of ether oxygens (including phenoxy) is 1. The Morgan fingerprint density at radius 2 is 1.54 bits per heavy atom. The standard InChI is InChI=1S/C18H15N3O.C7H7NO.C6H6BrN/c1-12-5-6-20-10-14(12)7-13(9-19)17-11-21-18-4-3-15(22-2)8-16(17)18;1-6-2-3-8-4-7(6)5-9;1-5-2-3-8-4-6(5)7/h3-8,10-11,21H,1-2H3;2-5H,1H3;2-4H,1H3/b13-7+;;. The summed E-state index contributed by atoms with van der Waals surface area (Å²) in [6, 6.07) is 13.8. The van der Waals surface area contributed by atoms with E-state index in [1.54, 1.807) is 44.3 Å². The number of rotatable bonds is 4. The van der Waals surface area contributed by atoms with Crippen LogP contribution in [0.2, 0.25) is 0 Å². The minimum Gasteiger partial charge on any atom is -0.497 e. The highest BCUT2D eigenvalue weighted by Crippen LogP contribution is 2.29. The molecule has 0 amide bonds. The Balaban J connectivity index is 0.000000202. The van der Waals surface area contributed by atoms with Gasteiger partial charge >= 0.3 is 0 Å². The summed E-state index contributed by atoms with van der Waals surface area (Å²) >= 11 is 3.33. The maximum absolute atomic E-state index is 10.2. The second-order valence-corrected chi connectivity index (χ2v) is 9.35. The molecule has 0 radical (unpaired) electrons. The minimum atomic E-state index is 0.593. The van der Waals surface area contributed by atoms with Gasteiger partial charge in [-0.3, -0.25) is 19.7 Å². The van der Waals surface area contributed by atoms with Crippen LogP contribution in [0.4, 0.5) is 0 Å². The monoisotopic (exact) mass is 581 g/mol. The number of carbonyl (C=O) groups excluding carboxylic acids is 1. The highest BCUT2D eigenvalue weighted by atomic mass is 79.9. The van der Waals surface area contributed by atoms with Gasteiger partial charge in [0.05, 0.1) is 18.8 Å². The average Bonchev–Trinajstić information content (AvgIpc) is 3.38. The normalized spacial score (nSPS) is 10.4. The zero-order valence-corrected chi connectivity index (χ0v) is 23.7. The summed E-state index contributed by atoms with van der Waals surface area (Å²) in [5.41, 5.74) is 7.31. The fraction of sp³-hybridized carbons (Fsp3) is 0.129. The first-order chi connectivity index (χ1) is 18.9. The van der Waals surface area contributed by atoms with Crippen LogP contribution in [0.3, 0.4) is 0 Å². The number of aryl methyl sites for hydroxylation is 3. The Labute approximate surface area is 236 Å². The number of allylic oxidation sites excluding steroid dienone is 1. The van der Waals surface area contributed by atoms with Crippen LogP contribution in [-0.2, 0) is 0 Å². The Hall–Kier alpha value is -4.61. The van der Waals surface area contributed by atoms with Gasteiger partial charge in [-0.25, -0.2) is 0 Å². The maximum Gasteiger partial charge on any atom is 0.151 e. The van der Waals surface area contributed by atoms with Crippen LogP contribution in [-0.4, -0.2) is 33.3 Å². The number of benzene rings is 1. The number of H-pyrrole nitrogens is 1. The summed E-state index contributed by atoms with van der Waals surface area (Å²) in [6.45, 7) is 5.91. The quantitative estimate of drug-likeness (QED) is 0.176. The number of nitrogens with zero attached hydrogens (tertiary/aromatic N) is 4. The molecule has 8 heteroatoms. The maximum atomic E-state index is 10.2. The van der Waals surface area contributed by atoms with Crippen molar-refractivity contribution in [1.29, 1.82) is 5.26 Å². The first-order valence-corrected chi connectivity index (χ1v) is 12.8. The number of hydrogen-bond donors (Lipinski definition) is 1. The molecule has 0 atom stereocenters. The number of hydrogen-bond acceptors (Lipinski definition) is 6. The van der Waals surface area contributed by atoms with E-state index in [0.29, 0.717) is 11.1 Å². The molecule has 4 heterocycles. The molecule has 0 unspecified atom stereocenters. The molecule has 0 aliphatic rings. The molecule has 0 aliphatic heterocycles. The predicted octanol–water partition coefficient (Wildman–Crippen LogP) is 7.30. The van der Waals surface area contributed by atoms with Crippen molar-refractivity contribution in [3.05, 3.63) is 118 Å². The summed E-state index contributed by atoms with van der Waals surface area (Å²) in [5.74, 6) is 0.767. The Bertz CT molecular complexity index is 1610. The van der Waals surface area contributed by atoms with Gasteiger partial charge < -0.3 is 9.72 Å². The van der Waals surface area contributed by atoms with E-state index in [1.807, 2.05) is 69.4 Å². The number of aldehydes is 1. The van der Waals surface area contributed by atoms with Crippen molar-refractivity contribution in [3.8, 4) is 11.8 Å². The molecular weight excluding hydrogens is 554 g/mol. The zero-order chi connectivity index (χ0) is 28.2. The van der Waals surface area contributed by atoms with Gasteiger partial charge in [-0.2, -0.15) is 5.26 Å². The average molecular weight is 583 g/mol. The summed E-state index contributed by atoms with van der Waals surface area (Å²) < 4.78 is 6.34. The Morgan fingerprint density at radius 3 is 2.03 bits per heavy atom. The molecule has 0 bridgehead atoms. The predicted molar refractivity (Wildman–Crippen MR) is 158 cm³/mol. The number of aromatic amines is 1. The molecule has 0 aliphatic carbocycles. The van der Waals surface area contributed by atoms with E-state index in [9.17, 15) is 10.1 Å². The Morgan fingerprint density at radius 1 is 0.923 bits per heavy atom. The van der Waals surface area contributed by atoms with Crippen molar-refractivity contribution in [2.75, 3.05) is 7.11 Å². The van der Waals surface area contributed by atoms with Crippen molar-refractivity contribution in [2.24, 2.45) is 0 Å². The van der Waals surface area contributed by atoms with Crippen LogP contribution in [0, 0.1) is 32.1 Å². The highest BCUT2D eigenvalue weighted by Gasteiger charge is 2.10. The van der Waals surface area contributed by atoms with Gasteiger partial charge in [0.2, 0.25) is 0 Å². The fourth-order valence-electron chi connectivity index (χ4n) is 3.45. The summed E-state index contributed by atoms with van der Waals surface area (Å²) in [4.78, 5) is 25.2. The summed E-state index contributed by atoms with van der Waals surface area (Å²) in [6.07, 6.45) is 14.8. The van der Waals surface area contributed by atoms with Crippen LogP contribution < -0.4 is 4.74 Å². The van der Waals surface area contributed by atoms with Crippen molar-refractivity contribution < 1.29 is 9.53 Å². The van der Waals surface area contributed by atoms with Gasteiger partial charge in [-0.05, 0) is 101 Å². The summed E-state index contributed by atoms with van der Waals surface area (Å²) in [7, 11) is 1.63. The zero-order valence-electron chi connectivity index (χ0n) is 22.1. The van der Waals surface area contributed by atoms with Gasteiger partial charge in [-0.15, -0.1) is 0 Å². The van der Waals surface area contributed by atoms with E-state index in [2.05, 4.69) is 41.9 Å². The van der Waals surface area contributed by atoms with Crippen LogP contribution in [0.1, 0.15) is 38.2 Å². The third-order valence-electron chi connectivity index (χ3n) is 5.86. The molecule has 196 valence electrons. The molecule has 5 rings (SSSR count). The van der Waals surface area contributed by atoms with E-state index in [4.69, 9.17) is 4.74 Å². The first-order valence-electron chi connectivity index (χ1n) is 12.0. The molecule has 1 aromatic carbocycles. The van der Waals surface area contributed by atoms with Crippen LogP contribution in [0.25, 0.3) is 22.6 Å². The number of carbonyl (C=O) groups is 1. The van der Waals surface area contributed by atoms with Gasteiger partial charge in [0, 0.05) is 69.9 Å². The van der Waals surface area contributed by atoms with E-state index in [1.165, 1.54) is 5.56 Å². The minimum absolute atomic E-state index is 0.593. The fourth-order valence-corrected chi connectivity index (χ4v) is 3.70. The van der Waals surface area contributed by atoms with E-state index in [-0.39, 0.29) is 0 Å². The molecule has 5 aromatic rings. The highest BCUT2D eigenvalue weighted by molar-refractivity contribution is 9.10. The topological polar surface area (TPSA) is 105 Å². The van der Waals surface area contributed by atoms with Crippen LogP contribution in [0.5, 0.6) is 5.75 Å². The number of fused-ring (bicyclic) bond motifs is 1. The number of nitriles is 1. The SMILES string of the molecule is COc1ccc2[nH]cc(/C(C#N)=C/c3cnccc3C)c2c1.Cc1ccncc1Br.Cc1ccncc1C=O. The molecule has 1 N–H and O–H groups in total. The van der Waals surface area contributed by atoms with E-state index < -0.39 is 0 Å². The van der Waals surface area contributed by atoms with Crippen molar-refractivity contribution in [3.63, 3.8) is 0 Å². The molecule has 0 fully saturated rings. The second kappa shape index (κ2) is 14.4. The second-order valence-electron chi connectivity index (χ2n) is 8.49. The number of aromatic nitrogens is 4. The lowest BCUT2D eigenvalue weighted by atomic mass is 10.0. The van der Waals surface area contributed by atoms with E-state index >= 15 is 0 Å². The number of halogens is 1. The number of nitrogens with one attached hydrogen (secondary N) is 1.